The first kappa shape index (κ1) is 18.0. The van der Waals surface area contributed by atoms with Crippen molar-refractivity contribution in [1.82, 2.24) is 14.5 Å². The number of nitrogens with one attached hydrogen (secondary N) is 1. The number of carbonyl (C=O) groups is 1. The van der Waals surface area contributed by atoms with E-state index in [0.29, 0.717) is 6.42 Å². The molecule has 0 radical (unpaired) electrons. The summed E-state index contributed by atoms with van der Waals surface area (Å²) in [6, 6.07) is 0.785. The van der Waals surface area contributed by atoms with Gasteiger partial charge in [-0.1, -0.05) is 12.1 Å². The van der Waals surface area contributed by atoms with E-state index in [1.807, 2.05) is 0 Å². The Morgan fingerprint density at radius 2 is 2.17 bits per heavy atom. The van der Waals surface area contributed by atoms with E-state index in [-0.39, 0.29) is 5.49 Å². The zero-order valence-electron chi connectivity index (χ0n) is 13.1. The van der Waals surface area contributed by atoms with Crippen molar-refractivity contribution in [2.75, 3.05) is 0 Å². The number of hydrogen-bond acceptors (Lipinski definition) is 7. The summed E-state index contributed by atoms with van der Waals surface area (Å²) in [6.45, 7) is 3.41. The van der Waals surface area contributed by atoms with Gasteiger partial charge in [-0.2, -0.15) is 0 Å². The number of amides is 1. The van der Waals surface area contributed by atoms with Crippen LogP contribution in [0.2, 0.25) is 0 Å². The molecule has 2 heterocycles. The number of nitrogens with zero attached hydrogens (tertiary/aromatic N) is 3. The highest BCUT2D eigenvalue weighted by Gasteiger charge is 2.49. The summed E-state index contributed by atoms with van der Waals surface area (Å²) in [5.41, 5.74) is -0.861. The van der Waals surface area contributed by atoms with Crippen molar-refractivity contribution in [2.45, 2.75) is 51.0 Å². The zero-order chi connectivity index (χ0) is 18.0. The summed E-state index contributed by atoms with van der Waals surface area (Å²) in [5, 5.41) is 41.2. The zero-order valence-corrected chi connectivity index (χ0v) is 13.1. The third-order valence-corrected chi connectivity index (χ3v) is 4.02. The molecule has 1 aromatic rings. The first-order valence-electron chi connectivity index (χ1n) is 7.34. The lowest BCUT2D eigenvalue weighted by molar-refractivity contribution is -0.108. The Kier molecular flexibility index (Phi) is 5.26. The van der Waals surface area contributed by atoms with Gasteiger partial charge in [0.15, 0.2) is 17.9 Å². The van der Waals surface area contributed by atoms with E-state index in [1.165, 1.54) is 12.3 Å². The van der Waals surface area contributed by atoms with Crippen molar-refractivity contribution >= 4 is 6.09 Å². The maximum atomic E-state index is 12.0. The Labute approximate surface area is 136 Å². The molecule has 1 fully saturated rings. The Balaban J connectivity index is 2.36. The van der Waals surface area contributed by atoms with Crippen LogP contribution in [0.3, 0.4) is 0 Å². The molecule has 0 unspecified atom stereocenters. The molecule has 134 valence electrons. The number of rotatable bonds is 4. The van der Waals surface area contributed by atoms with Crippen molar-refractivity contribution in [3.8, 4) is 0 Å². The van der Waals surface area contributed by atoms with Crippen LogP contribution in [0.1, 0.15) is 26.5 Å². The third kappa shape index (κ3) is 3.13. The smallest absolute Gasteiger partial charge is 0.409 e. The number of H-pyrrole nitrogens is 1. The van der Waals surface area contributed by atoms with Gasteiger partial charge in [0.2, 0.25) is 0 Å². The number of aliphatic hydroxyl groups excluding tert-OH is 2. The van der Waals surface area contributed by atoms with Gasteiger partial charge in [0.25, 0.3) is 0 Å². The minimum atomic E-state index is -1.53. The summed E-state index contributed by atoms with van der Waals surface area (Å²) in [4.78, 5) is 26.6. The number of hydrogen-bond donors (Lipinski definition) is 5. The quantitative estimate of drug-likeness (QED) is 0.339. The van der Waals surface area contributed by atoms with Crippen LogP contribution >= 0.6 is 0 Å². The molecular weight excluding hydrogens is 324 g/mol. The van der Waals surface area contributed by atoms with Gasteiger partial charge in [-0.25, -0.2) is 9.59 Å². The van der Waals surface area contributed by atoms with Crippen LogP contribution in [-0.4, -0.2) is 65.5 Å². The standard InChI is InChI=1S/C13H20N4O7/c1-3-6(2)17(13(21)22)11-9(19)8(18)10(24-11)16-5-4-7(15-23)14-12(16)20/h4-6,8-11,18-19,23H,3H2,1-2H3,(H,21,22)(H,14,15,20)/t6-,8+,9-,10+,11+/m0/s1. The van der Waals surface area contributed by atoms with Gasteiger partial charge >= 0.3 is 11.8 Å². The molecule has 1 aromatic heterocycles. The van der Waals surface area contributed by atoms with Crippen molar-refractivity contribution < 1.29 is 30.1 Å². The predicted octanol–water partition coefficient (Wildman–Crippen LogP) is -1.18. The van der Waals surface area contributed by atoms with Crippen LogP contribution in [0.5, 0.6) is 0 Å². The van der Waals surface area contributed by atoms with E-state index < -0.39 is 42.5 Å². The van der Waals surface area contributed by atoms with Crippen molar-refractivity contribution in [3.63, 3.8) is 0 Å². The number of ether oxygens (including phenoxy) is 1. The van der Waals surface area contributed by atoms with E-state index in [1.54, 1.807) is 13.8 Å². The molecule has 0 spiro atoms. The fourth-order valence-corrected chi connectivity index (χ4v) is 2.54. The van der Waals surface area contributed by atoms with Crippen LogP contribution in [0.25, 0.3) is 0 Å². The fourth-order valence-electron chi connectivity index (χ4n) is 2.54. The average molecular weight is 344 g/mol. The molecule has 11 heteroatoms. The molecular formula is C13H20N4O7. The van der Waals surface area contributed by atoms with Crippen LogP contribution in [0.15, 0.2) is 22.2 Å². The highest BCUT2D eigenvalue weighted by atomic mass is 16.6. The van der Waals surface area contributed by atoms with E-state index in [4.69, 9.17) is 9.94 Å². The summed E-state index contributed by atoms with van der Waals surface area (Å²) in [7, 11) is 0. The van der Waals surface area contributed by atoms with Crippen molar-refractivity contribution in [3.05, 3.63) is 28.2 Å². The molecule has 1 saturated heterocycles. The molecule has 1 amide bonds. The lowest BCUT2D eigenvalue weighted by Gasteiger charge is -2.32. The third-order valence-electron chi connectivity index (χ3n) is 4.02. The summed E-state index contributed by atoms with van der Waals surface area (Å²) >= 11 is 0. The van der Waals surface area contributed by atoms with E-state index >= 15 is 0 Å². The topological polar surface area (TPSA) is 161 Å². The molecule has 2 rings (SSSR count). The lowest BCUT2D eigenvalue weighted by Crippen LogP contribution is -2.50. The van der Waals surface area contributed by atoms with E-state index in [9.17, 15) is 24.9 Å². The molecule has 11 nitrogen and oxygen atoms in total. The van der Waals surface area contributed by atoms with Gasteiger partial charge in [0.1, 0.15) is 12.2 Å². The van der Waals surface area contributed by atoms with Crippen LogP contribution in [0.4, 0.5) is 4.79 Å². The van der Waals surface area contributed by atoms with Crippen molar-refractivity contribution in [1.29, 1.82) is 0 Å². The number of aliphatic hydroxyl groups is 2. The number of carboxylic acid groups (broad SMARTS) is 1. The first-order chi connectivity index (χ1) is 11.3. The summed E-state index contributed by atoms with van der Waals surface area (Å²) in [5.74, 6) is 0. The van der Waals surface area contributed by atoms with Crippen molar-refractivity contribution in [2.24, 2.45) is 5.16 Å². The highest BCUT2D eigenvalue weighted by Crippen LogP contribution is 2.31. The predicted molar refractivity (Wildman–Crippen MR) is 77.9 cm³/mol. The second-order valence-electron chi connectivity index (χ2n) is 5.48. The first-order valence-corrected chi connectivity index (χ1v) is 7.34. The maximum Gasteiger partial charge on any atom is 0.409 e. The maximum absolute atomic E-state index is 12.0. The Morgan fingerprint density at radius 3 is 2.67 bits per heavy atom. The number of aromatic nitrogens is 2. The average Bonchev–Trinajstić information content (AvgIpc) is 2.83. The Hall–Kier alpha value is -2.37. The van der Waals surface area contributed by atoms with E-state index in [0.717, 1.165) is 9.47 Å². The van der Waals surface area contributed by atoms with Crippen LogP contribution < -0.4 is 11.2 Å². The normalized spacial score (nSPS) is 28.8. The summed E-state index contributed by atoms with van der Waals surface area (Å²) < 4.78 is 6.41. The highest BCUT2D eigenvalue weighted by molar-refractivity contribution is 5.65. The minimum Gasteiger partial charge on any atom is -0.465 e. The van der Waals surface area contributed by atoms with Gasteiger partial charge < -0.3 is 25.3 Å². The minimum absolute atomic E-state index is 0.104. The van der Waals surface area contributed by atoms with Gasteiger partial charge in [-0.05, 0) is 13.3 Å². The molecule has 5 N–H and O–H groups in total. The largest absolute Gasteiger partial charge is 0.465 e. The second-order valence-corrected chi connectivity index (χ2v) is 5.48. The molecule has 5 atom stereocenters. The second kappa shape index (κ2) is 7.03. The van der Waals surface area contributed by atoms with Gasteiger partial charge in [-0.15, -0.1) is 0 Å². The van der Waals surface area contributed by atoms with Crippen LogP contribution in [0, 0.1) is 0 Å². The monoisotopic (exact) mass is 344 g/mol. The SMILES string of the molecule is CC[C@H](C)N(C(=O)O)[C@@H]1O[C@@H](n2cc/c(=N/O)[nH]c2=O)[C@H](O)[C@@H]1O. The molecule has 1 aliphatic heterocycles. The Bertz CT molecular complexity index is 715. The van der Waals surface area contributed by atoms with E-state index in [2.05, 4.69) is 10.1 Å². The number of aromatic amines is 1. The molecule has 24 heavy (non-hydrogen) atoms. The molecule has 0 bridgehead atoms. The molecule has 0 saturated carbocycles. The molecule has 0 aromatic carbocycles. The fraction of sp³-hybridized carbons (Fsp3) is 0.615. The van der Waals surface area contributed by atoms with Gasteiger partial charge in [0.05, 0.1) is 0 Å². The lowest BCUT2D eigenvalue weighted by atomic mass is 10.1. The van der Waals surface area contributed by atoms with Gasteiger partial charge in [0, 0.05) is 18.3 Å². The Morgan fingerprint density at radius 1 is 1.50 bits per heavy atom. The van der Waals surface area contributed by atoms with Crippen LogP contribution in [-0.2, 0) is 4.74 Å². The molecule has 0 aliphatic carbocycles. The summed E-state index contributed by atoms with van der Waals surface area (Å²) in [6.07, 6.45) is -5.32. The van der Waals surface area contributed by atoms with Gasteiger partial charge in [-0.3, -0.25) is 14.5 Å². The molecule has 1 aliphatic rings.